The molecule has 2 aromatic carbocycles. The predicted octanol–water partition coefficient (Wildman–Crippen LogP) is 2.41. The normalized spacial score (nSPS) is 19.7. The first-order chi connectivity index (χ1) is 10.5. The molecule has 3 rings (SSSR count). The summed E-state index contributed by atoms with van der Waals surface area (Å²) in [6, 6.07) is 15.1. The van der Waals surface area contributed by atoms with Crippen LogP contribution >= 0.6 is 0 Å². The highest BCUT2D eigenvalue weighted by molar-refractivity contribution is 7.89. The molecule has 1 atom stereocenters. The molecular formula is C16H15NO4S. The van der Waals surface area contributed by atoms with E-state index in [1.54, 1.807) is 18.2 Å². The average molecular weight is 317 g/mol. The number of sulfonamides is 1. The zero-order valence-corrected chi connectivity index (χ0v) is 12.5. The van der Waals surface area contributed by atoms with Crippen molar-refractivity contribution in [3.05, 3.63) is 65.7 Å². The molecule has 0 saturated heterocycles. The van der Waals surface area contributed by atoms with Gasteiger partial charge >= 0.3 is 5.97 Å². The van der Waals surface area contributed by atoms with Crippen LogP contribution in [-0.2, 0) is 21.4 Å². The van der Waals surface area contributed by atoms with Crippen LogP contribution in [0.1, 0.15) is 23.6 Å². The van der Waals surface area contributed by atoms with Crippen LogP contribution in [0.5, 0.6) is 0 Å². The molecule has 0 bridgehead atoms. The lowest BCUT2D eigenvalue weighted by Gasteiger charge is -2.22. The number of aliphatic carboxylic acids is 1. The fourth-order valence-corrected chi connectivity index (χ4v) is 4.62. The van der Waals surface area contributed by atoms with Gasteiger partial charge in [-0.1, -0.05) is 48.5 Å². The van der Waals surface area contributed by atoms with Crippen molar-refractivity contribution < 1.29 is 18.3 Å². The second-order valence-electron chi connectivity index (χ2n) is 5.19. The molecule has 0 aliphatic carbocycles. The maximum absolute atomic E-state index is 12.7. The van der Waals surface area contributed by atoms with Crippen LogP contribution in [-0.4, -0.2) is 23.8 Å². The van der Waals surface area contributed by atoms with Gasteiger partial charge in [-0.3, -0.25) is 4.79 Å². The highest BCUT2D eigenvalue weighted by Crippen LogP contribution is 2.42. The van der Waals surface area contributed by atoms with Crippen LogP contribution in [0.25, 0.3) is 0 Å². The zero-order chi connectivity index (χ0) is 15.7. The van der Waals surface area contributed by atoms with Gasteiger partial charge in [-0.2, -0.15) is 4.31 Å². The minimum Gasteiger partial charge on any atom is -0.481 e. The summed E-state index contributed by atoms with van der Waals surface area (Å²) in [5, 5.41) is 9.13. The van der Waals surface area contributed by atoms with Gasteiger partial charge in [-0.15, -0.1) is 0 Å². The minimum atomic E-state index is -3.67. The standard InChI is InChI=1S/C16H15NO4S/c18-16(19)10-14-13-8-4-5-9-15(13)22(20,21)17(14)11-12-6-2-1-3-7-12/h1-9,14H,10-11H2,(H,18,19)/t14-/m0/s1. The van der Waals surface area contributed by atoms with Crippen molar-refractivity contribution in [2.45, 2.75) is 23.9 Å². The fraction of sp³-hybridized carbons (Fsp3) is 0.188. The summed E-state index contributed by atoms with van der Waals surface area (Å²) < 4.78 is 26.7. The van der Waals surface area contributed by atoms with E-state index in [0.29, 0.717) is 5.56 Å². The van der Waals surface area contributed by atoms with Gasteiger partial charge in [0, 0.05) is 6.54 Å². The summed E-state index contributed by atoms with van der Waals surface area (Å²) in [6.07, 6.45) is -0.247. The molecule has 1 aliphatic heterocycles. The van der Waals surface area contributed by atoms with Crippen molar-refractivity contribution in [2.24, 2.45) is 0 Å². The Bertz CT molecular complexity index is 802. The van der Waals surface area contributed by atoms with Crippen LogP contribution < -0.4 is 0 Å². The molecule has 1 heterocycles. The Morgan fingerprint density at radius 3 is 2.36 bits per heavy atom. The Labute approximate surface area is 128 Å². The Hall–Kier alpha value is -2.18. The third-order valence-electron chi connectivity index (χ3n) is 3.76. The first-order valence-electron chi connectivity index (χ1n) is 6.86. The number of benzene rings is 2. The van der Waals surface area contributed by atoms with E-state index in [1.807, 2.05) is 30.3 Å². The topological polar surface area (TPSA) is 74.7 Å². The van der Waals surface area contributed by atoms with Crippen molar-refractivity contribution >= 4 is 16.0 Å². The fourth-order valence-electron chi connectivity index (χ4n) is 2.78. The second-order valence-corrected chi connectivity index (χ2v) is 7.05. The van der Waals surface area contributed by atoms with Crippen LogP contribution in [0, 0.1) is 0 Å². The molecular weight excluding hydrogens is 302 g/mol. The van der Waals surface area contributed by atoms with Gasteiger partial charge in [0.05, 0.1) is 17.4 Å². The van der Waals surface area contributed by atoms with E-state index in [4.69, 9.17) is 5.11 Å². The molecule has 1 N–H and O–H groups in total. The van der Waals surface area contributed by atoms with Crippen LogP contribution in [0.2, 0.25) is 0 Å². The molecule has 0 saturated carbocycles. The Balaban J connectivity index is 2.05. The lowest BCUT2D eigenvalue weighted by Crippen LogP contribution is -2.29. The lowest BCUT2D eigenvalue weighted by molar-refractivity contribution is -0.138. The average Bonchev–Trinajstić information content (AvgIpc) is 2.70. The second kappa shape index (κ2) is 5.55. The molecule has 0 radical (unpaired) electrons. The summed E-state index contributed by atoms with van der Waals surface area (Å²) in [5.74, 6) is -1.02. The Morgan fingerprint density at radius 1 is 1.05 bits per heavy atom. The zero-order valence-electron chi connectivity index (χ0n) is 11.7. The van der Waals surface area contributed by atoms with Crippen molar-refractivity contribution in [1.29, 1.82) is 0 Å². The third kappa shape index (κ3) is 2.51. The van der Waals surface area contributed by atoms with Crippen molar-refractivity contribution in [3.8, 4) is 0 Å². The van der Waals surface area contributed by atoms with Crippen LogP contribution in [0.4, 0.5) is 0 Å². The summed E-state index contributed by atoms with van der Waals surface area (Å²) in [7, 11) is -3.67. The van der Waals surface area contributed by atoms with Crippen molar-refractivity contribution in [1.82, 2.24) is 4.31 Å². The number of carbonyl (C=O) groups is 1. The highest BCUT2D eigenvalue weighted by Gasteiger charge is 2.43. The van der Waals surface area contributed by atoms with Gasteiger partial charge in [0.15, 0.2) is 0 Å². The Kier molecular flexibility index (Phi) is 3.72. The molecule has 0 amide bonds. The molecule has 0 fully saturated rings. The predicted molar refractivity (Wildman–Crippen MR) is 80.6 cm³/mol. The molecule has 2 aromatic rings. The first kappa shape index (κ1) is 14.7. The minimum absolute atomic E-state index is 0.162. The lowest BCUT2D eigenvalue weighted by atomic mass is 10.0. The van der Waals surface area contributed by atoms with Gasteiger partial charge in [0.2, 0.25) is 10.0 Å². The number of carboxylic acid groups (broad SMARTS) is 1. The van der Waals surface area contributed by atoms with E-state index in [0.717, 1.165) is 5.56 Å². The summed E-state index contributed by atoms with van der Waals surface area (Å²) in [6.45, 7) is 0.162. The Morgan fingerprint density at radius 2 is 1.68 bits per heavy atom. The van der Waals surface area contributed by atoms with Gasteiger partial charge < -0.3 is 5.11 Å². The van der Waals surface area contributed by atoms with E-state index >= 15 is 0 Å². The van der Waals surface area contributed by atoms with Crippen molar-refractivity contribution in [3.63, 3.8) is 0 Å². The summed E-state index contributed by atoms with van der Waals surface area (Å²) in [5.41, 5.74) is 1.38. The molecule has 0 aromatic heterocycles. The summed E-state index contributed by atoms with van der Waals surface area (Å²) in [4.78, 5) is 11.4. The van der Waals surface area contributed by atoms with E-state index in [2.05, 4.69) is 0 Å². The van der Waals surface area contributed by atoms with E-state index in [-0.39, 0.29) is 17.9 Å². The molecule has 6 heteroatoms. The quantitative estimate of drug-likeness (QED) is 0.939. The largest absolute Gasteiger partial charge is 0.481 e. The molecule has 114 valence electrons. The maximum Gasteiger partial charge on any atom is 0.305 e. The third-order valence-corrected chi connectivity index (χ3v) is 5.69. The van der Waals surface area contributed by atoms with E-state index in [1.165, 1.54) is 10.4 Å². The van der Waals surface area contributed by atoms with Gasteiger partial charge in [0.25, 0.3) is 0 Å². The summed E-state index contributed by atoms with van der Waals surface area (Å²) >= 11 is 0. The molecule has 0 spiro atoms. The SMILES string of the molecule is O=C(O)C[C@H]1c2ccccc2S(=O)(=O)N1Cc1ccccc1. The maximum atomic E-state index is 12.7. The monoisotopic (exact) mass is 317 g/mol. The number of rotatable bonds is 4. The molecule has 22 heavy (non-hydrogen) atoms. The number of hydrogen-bond acceptors (Lipinski definition) is 3. The van der Waals surface area contributed by atoms with Crippen molar-refractivity contribution in [2.75, 3.05) is 0 Å². The van der Waals surface area contributed by atoms with Crippen LogP contribution in [0.15, 0.2) is 59.5 Å². The molecule has 5 nitrogen and oxygen atoms in total. The number of carboxylic acids is 1. The van der Waals surface area contributed by atoms with E-state index in [9.17, 15) is 13.2 Å². The molecule has 1 aliphatic rings. The van der Waals surface area contributed by atoms with Crippen LogP contribution in [0.3, 0.4) is 0 Å². The highest BCUT2D eigenvalue weighted by atomic mass is 32.2. The number of hydrogen-bond donors (Lipinski definition) is 1. The van der Waals surface area contributed by atoms with Gasteiger partial charge in [-0.05, 0) is 17.2 Å². The first-order valence-corrected chi connectivity index (χ1v) is 8.30. The number of nitrogens with zero attached hydrogens (tertiary/aromatic N) is 1. The van der Waals surface area contributed by atoms with Gasteiger partial charge in [-0.25, -0.2) is 8.42 Å². The number of fused-ring (bicyclic) bond motifs is 1. The van der Waals surface area contributed by atoms with Gasteiger partial charge in [0.1, 0.15) is 0 Å². The smallest absolute Gasteiger partial charge is 0.305 e. The molecule has 0 unspecified atom stereocenters. The van der Waals surface area contributed by atoms with E-state index < -0.39 is 22.0 Å².